The molecule has 8 heteroatoms. The highest BCUT2D eigenvalue weighted by molar-refractivity contribution is 5.94. The molecule has 1 N–H and O–H groups in total. The summed E-state index contributed by atoms with van der Waals surface area (Å²) in [4.78, 5) is 0. The summed E-state index contributed by atoms with van der Waals surface area (Å²) in [5.74, 6) is -0.642. The van der Waals surface area contributed by atoms with Crippen molar-refractivity contribution >= 4 is 16.7 Å². The van der Waals surface area contributed by atoms with Crippen LogP contribution in [0.3, 0.4) is 0 Å². The van der Waals surface area contributed by atoms with Crippen LogP contribution in [0.1, 0.15) is 16.7 Å². The molecule has 1 heterocycles. The molecule has 0 amide bonds. The van der Waals surface area contributed by atoms with Crippen LogP contribution in [0.2, 0.25) is 0 Å². The molecule has 0 bridgehead atoms. The number of hydrogen-bond acceptors (Lipinski definition) is 3. The third kappa shape index (κ3) is 4.75. The Balaban J connectivity index is 1.63. The van der Waals surface area contributed by atoms with Gasteiger partial charge in [-0.1, -0.05) is 97.1 Å². The lowest BCUT2D eigenvalue weighted by molar-refractivity contribution is -0.274. The highest BCUT2D eigenvalue weighted by atomic mass is 19.4. The number of halogens is 4. The van der Waals surface area contributed by atoms with Gasteiger partial charge >= 0.3 is 6.36 Å². The number of anilines is 1. The van der Waals surface area contributed by atoms with Gasteiger partial charge in [0.15, 0.2) is 5.82 Å². The van der Waals surface area contributed by atoms with Crippen LogP contribution in [-0.2, 0) is 5.54 Å². The molecule has 210 valence electrons. The molecule has 4 nitrogen and oxygen atoms in total. The zero-order valence-electron chi connectivity index (χ0n) is 22.4. The van der Waals surface area contributed by atoms with Crippen molar-refractivity contribution < 1.29 is 22.3 Å². The van der Waals surface area contributed by atoms with Gasteiger partial charge in [0.25, 0.3) is 0 Å². The lowest BCUT2D eigenvalue weighted by atomic mass is 9.77. The first-order valence-electron chi connectivity index (χ1n) is 13.2. The summed E-state index contributed by atoms with van der Waals surface area (Å²) in [6, 6.07) is 38.3. The second kappa shape index (κ2) is 10.7. The summed E-state index contributed by atoms with van der Waals surface area (Å²) in [5.41, 5.74) is 3.12. The molecule has 6 aromatic rings. The third-order valence-electron chi connectivity index (χ3n) is 7.29. The number of rotatable bonds is 7. The fraction of sp³-hybridized carbons (Fsp3) is 0.0882. The third-order valence-corrected chi connectivity index (χ3v) is 7.29. The Morgan fingerprint density at radius 3 is 1.74 bits per heavy atom. The Morgan fingerprint density at radius 1 is 0.690 bits per heavy atom. The standard InChI is InChI=1S/C34H25F4N3O/c1-39-32-29-21-23(28-22-27(18-19-30(28)35)42-34(36,37)38)17-20-31(29)41(40-32)33(24-11-5-2-6-12-24,25-13-7-3-8-14-25)26-15-9-4-10-16-26/h2-22H,1H3,(H,39,40). The molecule has 0 unspecified atom stereocenters. The summed E-state index contributed by atoms with van der Waals surface area (Å²) < 4.78 is 59.6. The first-order chi connectivity index (χ1) is 20.3. The van der Waals surface area contributed by atoms with Gasteiger partial charge in [-0.05, 0) is 52.6 Å². The van der Waals surface area contributed by atoms with Crippen molar-refractivity contribution in [1.82, 2.24) is 9.78 Å². The first kappa shape index (κ1) is 27.1. The number of alkyl halides is 3. The van der Waals surface area contributed by atoms with Crippen LogP contribution >= 0.6 is 0 Å². The van der Waals surface area contributed by atoms with Crippen molar-refractivity contribution in [2.45, 2.75) is 11.9 Å². The maximum Gasteiger partial charge on any atom is 0.573 e. The first-order valence-corrected chi connectivity index (χ1v) is 13.2. The summed E-state index contributed by atoms with van der Waals surface area (Å²) in [5, 5.41) is 8.89. The Kier molecular flexibility index (Phi) is 6.90. The van der Waals surface area contributed by atoms with Gasteiger partial charge in [-0.2, -0.15) is 5.10 Å². The fourth-order valence-corrected chi connectivity index (χ4v) is 5.55. The fourth-order valence-electron chi connectivity index (χ4n) is 5.55. The minimum Gasteiger partial charge on any atom is -0.406 e. The number of aromatic nitrogens is 2. The summed E-state index contributed by atoms with van der Waals surface area (Å²) >= 11 is 0. The average Bonchev–Trinajstić information content (AvgIpc) is 3.38. The van der Waals surface area contributed by atoms with Crippen molar-refractivity contribution in [3.8, 4) is 16.9 Å². The molecule has 0 atom stereocenters. The van der Waals surface area contributed by atoms with E-state index < -0.39 is 23.5 Å². The molecular weight excluding hydrogens is 542 g/mol. The minimum atomic E-state index is -4.89. The number of fused-ring (bicyclic) bond motifs is 1. The van der Waals surface area contributed by atoms with E-state index in [1.54, 1.807) is 19.2 Å². The van der Waals surface area contributed by atoms with Gasteiger partial charge in [0.1, 0.15) is 17.1 Å². The largest absolute Gasteiger partial charge is 0.573 e. The second-order valence-electron chi connectivity index (χ2n) is 9.74. The molecule has 0 saturated heterocycles. The zero-order valence-corrected chi connectivity index (χ0v) is 22.4. The number of benzene rings is 5. The van der Waals surface area contributed by atoms with Crippen molar-refractivity contribution in [2.24, 2.45) is 0 Å². The van der Waals surface area contributed by atoms with Crippen LogP contribution in [0.4, 0.5) is 23.4 Å². The van der Waals surface area contributed by atoms with E-state index in [1.807, 2.05) is 65.3 Å². The van der Waals surface area contributed by atoms with Crippen LogP contribution in [0.15, 0.2) is 127 Å². The molecule has 0 aliphatic heterocycles. The van der Waals surface area contributed by atoms with Crippen molar-refractivity contribution in [1.29, 1.82) is 0 Å². The van der Waals surface area contributed by atoms with Gasteiger partial charge < -0.3 is 10.1 Å². The quantitative estimate of drug-likeness (QED) is 0.155. The maximum absolute atomic E-state index is 15.0. The Bertz CT molecular complexity index is 1740. The highest BCUT2D eigenvalue weighted by Crippen LogP contribution is 2.44. The van der Waals surface area contributed by atoms with Gasteiger partial charge in [0, 0.05) is 18.0 Å². The number of nitrogens with one attached hydrogen (secondary N) is 1. The summed E-state index contributed by atoms with van der Waals surface area (Å²) in [6.07, 6.45) is -4.89. The lowest BCUT2D eigenvalue weighted by Crippen LogP contribution is -2.38. The highest BCUT2D eigenvalue weighted by Gasteiger charge is 2.41. The van der Waals surface area contributed by atoms with Gasteiger partial charge in [-0.15, -0.1) is 13.2 Å². The molecule has 6 rings (SSSR count). The molecule has 0 fully saturated rings. The van der Waals surface area contributed by atoms with Crippen molar-refractivity contribution in [3.63, 3.8) is 0 Å². The molecule has 5 aromatic carbocycles. The summed E-state index contributed by atoms with van der Waals surface area (Å²) in [7, 11) is 1.74. The van der Waals surface area contributed by atoms with E-state index in [9.17, 15) is 17.6 Å². The Labute approximate surface area is 239 Å². The van der Waals surface area contributed by atoms with E-state index in [2.05, 4.69) is 46.5 Å². The molecule has 42 heavy (non-hydrogen) atoms. The summed E-state index contributed by atoms with van der Waals surface area (Å²) in [6.45, 7) is 0. The average molecular weight is 568 g/mol. The second-order valence-corrected chi connectivity index (χ2v) is 9.74. The number of nitrogens with zero attached hydrogens (tertiary/aromatic N) is 2. The Morgan fingerprint density at radius 2 is 1.24 bits per heavy atom. The van der Waals surface area contributed by atoms with Gasteiger partial charge in [0.2, 0.25) is 0 Å². The van der Waals surface area contributed by atoms with Crippen LogP contribution < -0.4 is 10.1 Å². The smallest absolute Gasteiger partial charge is 0.406 e. The van der Waals surface area contributed by atoms with Gasteiger partial charge in [-0.25, -0.2) is 9.07 Å². The molecular formula is C34H25F4N3O. The maximum atomic E-state index is 15.0. The monoisotopic (exact) mass is 567 g/mol. The SMILES string of the molecule is CNc1nn(C(c2ccccc2)(c2ccccc2)c2ccccc2)c2ccc(-c3cc(OC(F)(F)F)ccc3F)cc12. The molecule has 0 radical (unpaired) electrons. The van der Waals surface area contributed by atoms with E-state index in [-0.39, 0.29) is 5.56 Å². The van der Waals surface area contributed by atoms with Gasteiger partial charge in [0.05, 0.1) is 5.52 Å². The predicted molar refractivity (Wildman–Crippen MR) is 156 cm³/mol. The van der Waals surface area contributed by atoms with Crippen molar-refractivity contribution in [3.05, 3.63) is 150 Å². The molecule has 0 aliphatic rings. The van der Waals surface area contributed by atoms with Crippen LogP contribution in [0.5, 0.6) is 5.75 Å². The normalized spacial score (nSPS) is 11.9. The Hall–Kier alpha value is -5.11. The van der Waals surface area contributed by atoms with E-state index in [0.717, 1.165) is 40.4 Å². The molecule has 0 saturated carbocycles. The van der Waals surface area contributed by atoms with Crippen LogP contribution in [-0.4, -0.2) is 23.2 Å². The predicted octanol–water partition coefficient (Wildman–Crippen LogP) is 8.62. The van der Waals surface area contributed by atoms with E-state index >= 15 is 0 Å². The topological polar surface area (TPSA) is 39.1 Å². The van der Waals surface area contributed by atoms with E-state index in [1.165, 1.54) is 0 Å². The van der Waals surface area contributed by atoms with E-state index in [4.69, 9.17) is 5.10 Å². The number of ether oxygens (including phenoxy) is 1. The van der Waals surface area contributed by atoms with E-state index in [0.29, 0.717) is 16.8 Å². The lowest BCUT2D eigenvalue weighted by Gasteiger charge is -2.37. The van der Waals surface area contributed by atoms with Gasteiger partial charge in [-0.3, -0.25) is 0 Å². The minimum absolute atomic E-state index is 0.0195. The molecule has 0 spiro atoms. The van der Waals surface area contributed by atoms with Crippen molar-refractivity contribution in [2.75, 3.05) is 12.4 Å². The molecule has 1 aromatic heterocycles. The molecule has 0 aliphatic carbocycles. The van der Waals surface area contributed by atoms with Crippen LogP contribution in [0.25, 0.3) is 22.0 Å². The zero-order chi connectivity index (χ0) is 29.3. The van der Waals surface area contributed by atoms with Crippen LogP contribution in [0, 0.1) is 5.82 Å². The number of hydrogen-bond donors (Lipinski definition) is 1.